The third-order valence-electron chi connectivity index (χ3n) is 2.81. The predicted octanol–water partition coefficient (Wildman–Crippen LogP) is 1.58. The zero-order valence-electron chi connectivity index (χ0n) is 10.6. The first-order chi connectivity index (χ1) is 8.99. The molecule has 0 amide bonds. The van der Waals surface area contributed by atoms with Crippen LogP contribution < -0.4 is 10.4 Å². The van der Waals surface area contributed by atoms with Crippen molar-refractivity contribution in [2.75, 3.05) is 5.32 Å². The third-order valence-corrected chi connectivity index (χ3v) is 3.30. The van der Waals surface area contributed by atoms with Crippen molar-refractivity contribution in [1.82, 2.24) is 9.97 Å². The number of rotatable bonds is 4. The van der Waals surface area contributed by atoms with E-state index in [1.165, 1.54) is 6.33 Å². The van der Waals surface area contributed by atoms with Crippen LogP contribution in [0.5, 0.6) is 0 Å². The fraction of sp³-hybridized carbons (Fsp3) is 0.308. The van der Waals surface area contributed by atoms with Crippen LogP contribution in [0.2, 0.25) is 0 Å². The van der Waals surface area contributed by atoms with Crippen molar-refractivity contribution in [3.63, 3.8) is 0 Å². The topological polar surface area (TPSA) is 77.9 Å². The Labute approximate surface area is 119 Å². The molecule has 1 atom stereocenters. The van der Waals surface area contributed by atoms with Gasteiger partial charge < -0.3 is 15.2 Å². The number of aromatic nitrogens is 2. The van der Waals surface area contributed by atoms with Crippen molar-refractivity contribution in [3.8, 4) is 0 Å². The predicted molar refractivity (Wildman–Crippen MR) is 74.5 cm³/mol. The maximum Gasteiger partial charge on any atom is 0.137 e. The van der Waals surface area contributed by atoms with Crippen molar-refractivity contribution in [2.24, 2.45) is 5.92 Å². The number of carbonyl (C=O) groups excluding carboxylic acids is 1. The highest BCUT2D eigenvalue weighted by Crippen LogP contribution is 2.24. The number of benzene rings is 1. The molecule has 1 N–H and O–H groups in total. The number of aliphatic carboxylic acids is 1. The van der Waals surface area contributed by atoms with E-state index in [0.29, 0.717) is 5.82 Å². The van der Waals surface area contributed by atoms with Gasteiger partial charge in [-0.3, -0.25) is 0 Å². The summed E-state index contributed by atoms with van der Waals surface area (Å²) in [5.41, 5.74) is 0.751. The molecule has 1 aromatic heterocycles. The Morgan fingerprint density at radius 2 is 2.11 bits per heavy atom. The molecule has 1 heterocycles. The second-order valence-corrected chi connectivity index (χ2v) is 5.48. The van der Waals surface area contributed by atoms with E-state index in [0.717, 1.165) is 15.4 Å². The molecule has 0 bridgehead atoms. The van der Waals surface area contributed by atoms with E-state index in [2.05, 4.69) is 31.2 Å². The molecular formula is C13H13BrN3O2-. The van der Waals surface area contributed by atoms with Gasteiger partial charge in [-0.15, -0.1) is 0 Å². The van der Waals surface area contributed by atoms with Crippen molar-refractivity contribution in [1.29, 1.82) is 0 Å². The van der Waals surface area contributed by atoms with Crippen LogP contribution in [-0.2, 0) is 4.79 Å². The van der Waals surface area contributed by atoms with E-state index < -0.39 is 12.0 Å². The summed E-state index contributed by atoms with van der Waals surface area (Å²) in [6.45, 7) is 3.62. The minimum absolute atomic E-state index is 0.109. The van der Waals surface area contributed by atoms with Crippen LogP contribution in [0.1, 0.15) is 13.8 Å². The van der Waals surface area contributed by atoms with E-state index in [1.54, 1.807) is 0 Å². The lowest BCUT2D eigenvalue weighted by atomic mass is 10.0. The third kappa shape index (κ3) is 3.01. The maximum absolute atomic E-state index is 11.1. The average Bonchev–Trinajstić information content (AvgIpc) is 2.35. The number of carboxylic acids is 1. The van der Waals surface area contributed by atoms with Gasteiger partial charge in [0.05, 0.1) is 17.5 Å². The standard InChI is InChI=1S/C13H14BrN3O2/c1-7(2)11(13(18)19)17-12-9-5-8(14)3-4-10(9)15-6-16-12/h3-7,11H,1-2H3,(H,18,19)(H,15,16,17)/p-1. The van der Waals surface area contributed by atoms with Crippen LogP contribution >= 0.6 is 15.9 Å². The molecular weight excluding hydrogens is 310 g/mol. The monoisotopic (exact) mass is 322 g/mol. The van der Waals surface area contributed by atoms with Gasteiger partial charge in [0.1, 0.15) is 12.1 Å². The summed E-state index contributed by atoms with van der Waals surface area (Å²) < 4.78 is 0.882. The van der Waals surface area contributed by atoms with Crippen LogP contribution in [0.3, 0.4) is 0 Å². The maximum atomic E-state index is 11.1. The molecule has 0 saturated carbocycles. The zero-order chi connectivity index (χ0) is 14.0. The molecule has 2 aromatic rings. The summed E-state index contributed by atoms with van der Waals surface area (Å²) in [6, 6.07) is 4.77. The smallest absolute Gasteiger partial charge is 0.137 e. The number of hydrogen-bond donors (Lipinski definition) is 1. The van der Waals surface area contributed by atoms with Crippen LogP contribution in [0.15, 0.2) is 29.0 Å². The van der Waals surface area contributed by atoms with Gasteiger partial charge in [0.15, 0.2) is 0 Å². The average molecular weight is 323 g/mol. The number of nitrogens with zero attached hydrogens (tertiary/aromatic N) is 2. The lowest BCUT2D eigenvalue weighted by Gasteiger charge is -2.24. The van der Waals surface area contributed by atoms with Gasteiger partial charge in [0.25, 0.3) is 0 Å². The van der Waals surface area contributed by atoms with Gasteiger partial charge in [-0.25, -0.2) is 9.97 Å². The summed E-state index contributed by atoms with van der Waals surface area (Å²) in [7, 11) is 0. The lowest BCUT2D eigenvalue weighted by Crippen LogP contribution is -2.44. The Morgan fingerprint density at radius 3 is 2.74 bits per heavy atom. The molecule has 0 aliphatic rings. The molecule has 1 unspecified atom stereocenters. The van der Waals surface area contributed by atoms with Gasteiger partial charge >= 0.3 is 0 Å². The van der Waals surface area contributed by atoms with Crippen LogP contribution in [-0.4, -0.2) is 22.0 Å². The molecule has 0 spiro atoms. The van der Waals surface area contributed by atoms with E-state index in [9.17, 15) is 9.90 Å². The minimum atomic E-state index is -1.14. The van der Waals surface area contributed by atoms with Crippen LogP contribution in [0, 0.1) is 5.92 Å². The normalized spacial score (nSPS) is 12.6. The molecule has 0 aliphatic heterocycles. The molecule has 0 radical (unpaired) electrons. The van der Waals surface area contributed by atoms with Crippen molar-refractivity contribution < 1.29 is 9.90 Å². The highest BCUT2D eigenvalue weighted by molar-refractivity contribution is 9.10. The lowest BCUT2D eigenvalue weighted by molar-refractivity contribution is -0.307. The number of fused-ring (bicyclic) bond motifs is 1. The van der Waals surface area contributed by atoms with Gasteiger partial charge in [0.2, 0.25) is 0 Å². The Bertz CT molecular complexity index is 616. The SMILES string of the molecule is CC(C)C(Nc1ncnc2ccc(Br)cc12)C(=O)[O-]. The van der Waals surface area contributed by atoms with E-state index in [1.807, 2.05) is 32.0 Å². The molecule has 0 saturated heterocycles. The Kier molecular flexibility index (Phi) is 3.99. The number of carbonyl (C=O) groups is 1. The van der Waals surface area contributed by atoms with Crippen molar-refractivity contribution in [3.05, 3.63) is 29.0 Å². The molecule has 2 rings (SSSR count). The number of halogens is 1. The minimum Gasteiger partial charge on any atom is -0.548 e. The quantitative estimate of drug-likeness (QED) is 0.924. The summed E-state index contributed by atoms with van der Waals surface area (Å²) in [4.78, 5) is 19.4. The zero-order valence-corrected chi connectivity index (χ0v) is 12.1. The van der Waals surface area contributed by atoms with E-state index in [4.69, 9.17) is 0 Å². The van der Waals surface area contributed by atoms with Crippen molar-refractivity contribution >= 4 is 38.6 Å². The number of anilines is 1. The molecule has 5 nitrogen and oxygen atoms in total. The summed E-state index contributed by atoms with van der Waals surface area (Å²) >= 11 is 3.38. The van der Waals surface area contributed by atoms with E-state index >= 15 is 0 Å². The Morgan fingerprint density at radius 1 is 1.37 bits per heavy atom. The summed E-state index contributed by atoms with van der Waals surface area (Å²) in [5, 5.41) is 14.8. The first-order valence-electron chi connectivity index (χ1n) is 5.86. The first kappa shape index (κ1) is 13.7. The molecule has 0 fully saturated rings. The van der Waals surface area contributed by atoms with Crippen LogP contribution in [0.4, 0.5) is 5.82 Å². The molecule has 6 heteroatoms. The fourth-order valence-corrected chi connectivity index (χ4v) is 2.15. The molecule has 0 aliphatic carbocycles. The van der Waals surface area contributed by atoms with Gasteiger partial charge in [-0.05, 0) is 24.1 Å². The molecule has 100 valence electrons. The molecule has 1 aromatic carbocycles. The number of hydrogen-bond acceptors (Lipinski definition) is 5. The Hall–Kier alpha value is -1.69. The van der Waals surface area contributed by atoms with Crippen molar-refractivity contribution in [2.45, 2.75) is 19.9 Å². The van der Waals surface area contributed by atoms with Gasteiger partial charge in [-0.2, -0.15) is 0 Å². The highest BCUT2D eigenvalue weighted by Gasteiger charge is 2.16. The Balaban J connectivity index is 2.44. The van der Waals surface area contributed by atoms with Gasteiger partial charge in [-0.1, -0.05) is 29.8 Å². The summed E-state index contributed by atoms with van der Waals surface area (Å²) in [5.74, 6) is -0.756. The van der Waals surface area contributed by atoms with Gasteiger partial charge in [0, 0.05) is 9.86 Å². The largest absolute Gasteiger partial charge is 0.548 e. The second-order valence-electron chi connectivity index (χ2n) is 4.57. The second kappa shape index (κ2) is 5.52. The molecule has 19 heavy (non-hydrogen) atoms. The van der Waals surface area contributed by atoms with Crippen LogP contribution in [0.25, 0.3) is 10.9 Å². The fourth-order valence-electron chi connectivity index (χ4n) is 1.79. The first-order valence-corrected chi connectivity index (χ1v) is 6.66. The van der Waals surface area contributed by atoms with E-state index in [-0.39, 0.29) is 5.92 Å². The summed E-state index contributed by atoms with van der Waals surface area (Å²) in [6.07, 6.45) is 1.41. The number of carboxylic acid groups (broad SMARTS) is 1. The number of nitrogens with one attached hydrogen (secondary N) is 1. The highest BCUT2D eigenvalue weighted by atomic mass is 79.9.